The summed E-state index contributed by atoms with van der Waals surface area (Å²) in [6.07, 6.45) is 6.64. The average Bonchev–Trinajstić information content (AvgIpc) is 3.32. The quantitative estimate of drug-likeness (QED) is 0.458. The zero-order valence-electron chi connectivity index (χ0n) is 16.0. The van der Waals surface area contributed by atoms with Gasteiger partial charge in [0, 0.05) is 40.6 Å². The molecule has 4 aromatic rings. The van der Waals surface area contributed by atoms with Crippen molar-refractivity contribution in [3.8, 4) is 0 Å². The van der Waals surface area contributed by atoms with E-state index in [1.54, 1.807) is 5.51 Å². The predicted molar refractivity (Wildman–Crippen MR) is 120 cm³/mol. The summed E-state index contributed by atoms with van der Waals surface area (Å²) in [4.78, 5) is 18.2. The van der Waals surface area contributed by atoms with E-state index in [4.69, 9.17) is 4.98 Å². The van der Waals surface area contributed by atoms with E-state index in [0.29, 0.717) is 5.82 Å². The van der Waals surface area contributed by atoms with E-state index in [-0.39, 0.29) is 0 Å². The first-order valence-corrected chi connectivity index (χ1v) is 10.3. The molecule has 29 heavy (non-hydrogen) atoms. The number of aromatic amines is 1. The first-order valence-electron chi connectivity index (χ1n) is 9.45. The highest BCUT2D eigenvalue weighted by Crippen LogP contribution is 2.28. The molecule has 0 bridgehead atoms. The topological polar surface area (TPSA) is 78.5 Å². The molecule has 4 heterocycles. The maximum atomic E-state index is 4.76. The molecule has 0 unspecified atom stereocenters. The van der Waals surface area contributed by atoms with Crippen LogP contribution in [0.15, 0.2) is 60.4 Å². The summed E-state index contributed by atoms with van der Waals surface area (Å²) >= 11 is 1.51. The Labute approximate surface area is 172 Å². The molecule has 0 spiro atoms. The Kier molecular flexibility index (Phi) is 4.37. The van der Waals surface area contributed by atoms with Gasteiger partial charge in [-0.1, -0.05) is 24.8 Å². The number of allylic oxidation sites excluding steroid dienone is 3. The Morgan fingerprint density at radius 2 is 2.10 bits per heavy atom. The van der Waals surface area contributed by atoms with Crippen LogP contribution in [0, 0.1) is 6.92 Å². The standard InChI is InChI=1S/C22H20N6S/c1-13-16(7-5-10-23-13)20-27-21(19-22(28-20)29-12-25-19)24-11-9-15-14(2)26-18-8-4-3-6-17(15)18/h3-8,10,12,23,26H,1,9,11H2,2H3,(H,24,27,28). The van der Waals surface area contributed by atoms with Crippen molar-refractivity contribution in [1.82, 2.24) is 25.3 Å². The van der Waals surface area contributed by atoms with Crippen LogP contribution in [-0.2, 0) is 6.42 Å². The van der Waals surface area contributed by atoms with E-state index in [9.17, 15) is 0 Å². The highest BCUT2D eigenvalue weighted by atomic mass is 32.1. The lowest BCUT2D eigenvalue weighted by Gasteiger charge is -2.14. The molecule has 0 fully saturated rings. The molecule has 3 N–H and O–H groups in total. The van der Waals surface area contributed by atoms with Crippen molar-refractivity contribution in [2.75, 3.05) is 11.9 Å². The first kappa shape index (κ1) is 17.6. The number of H-pyrrole nitrogens is 1. The number of rotatable bonds is 5. The van der Waals surface area contributed by atoms with Crippen LogP contribution < -0.4 is 10.6 Å². The van der Waals surface area contributed by atoms with E-state index in [2.05, 4.69) is 63.4 Å². The summed E-state index contributed by atoms with van der Waals surface area (Å²) in [6.45, 7) is 6.93. The third kappa shape index (κ3) is 3.19. The van der Waals surface area contributed by atoms with Crippen molar-refractivity contribution in [3.05, 3.63) is 77.5 Å². The number of thiazole rings is 1. The first-order chi connectivity index (χ1) is 14.2. The van der Waals surface area contributed by atoms with Gasteiger partial charge in [-0.15, -0.1) is 11.3 Å². The van der Waals surface area contributed by atoms with Gasteiger partial charge in [-0.05, 0) is 37.1 Å². The van der Waals surface area contributed by atoms with Crippen LogP contribution >= 0.6 is 11.3 Å². The number of fused-ring (bicyclic) bond motifs is 2. The van der Waals surface area contributed by atoms with Crippen molar-refractivity contribution in [2.45, 2.75) is 13.3 Å². The number of aromatic nitrogens is 4. The Balaban J connectivity index is 1.43. The van der Waals surface area contributed by atoms with Gasteiger partial charge in [-0.25, -0.2) is 15.0 Å². The number of para-hydroxylation sites is 1. The van der Waals surface area contributed by atoms with Gasteiger partial charge >= 0.3 is 0 Å². The van der Waals surface area contributed by atoms with Crippen LogP contribution in [0.3, 0.4) is 0 Å². The van der Waals surface area contributed by atoms with Crippen LogP contribution in [0.25, 0.3) is 26.8 Å². The number of nitrogens with zero attached hydrogens (tertiary/aromatic N) is 3. The van der Waals surface area contributed by atoms with Crippen molar-refractivity contribution in [1.29, 1.82) is 0 Å². The summed E-state index contributed by atoms with van der Waals surface area (Å²) in [5.74, 6) is 1.40. The average molecular weight is 401 g/mol. The Hall–Kier alpha value is -3.45. The second-order valence-electron chi connectivity index (χ2n) is 6.92. The number of hydrogen-bond donors (Lipinski definition) is 3. The zero-order valence-corrected chi connectivity index (χ0v) is 16.8. The monoisotopic (exact) mass is 400 g/mol. The van der Waals surface area contributed by atoms with Crippen LogP contribution in [0.4, 0.5) is 5.82 Å². The van der Waals surface area contributed by atoms with Crippen molar-refractivity contribution >= 4 is 44.0 Å². The molecule has 0 saturated carbocycles. The second kappa shape index (κ2) is 7.18. The zero-order chi connectivity index (χ0) is 19.8. The van der Waals surface area contributed by atoms with Gasteiger partial charge in [0.1, 0.15) is 10.3 Å². The van der Waals surface area contributed by atoms with Gasteiger partial charge < -0.3 is 15.6 Å². The number of nitrogens with one attached hydrogen (secondary N) is 3. The fourth-order valence-electron chi connectivity index (χ4n) is 3.65. The van der Waals surface area contributed by atoms with Gasteiger partial charge in [0.2, 0.25) is 0 Å². The molecule has 144 valence electrons. The van der Waals surface area contributed by atoms with E-state index in [1.807, 2.05) is 18.4 Å². The number of benzene rings is 1. The van der Waals surface area contributed by atoms with Crippen LogP contribution in [0.5, 0.6) is 0 Å². The molecule has 6 nitrogen and oxygen atoms in total. The minimum atomic E-state index is 0.648. The molecule has 5 rings (SSSR count). The molecule has 0 atom stereocenters. The maximum absolute atomic E-state index is 4.76. The van der Waals surface area contributed by atoms with Crippen molar-refractivity contribution in [3.63, 3.8) is 0 Å². The number of aryl methyl sites for hydroxylation is 1. The second-order valence-corrected chi connectivity index (χ2v) is 7.75. The van der Waals surface area contributed by atoms with Gasteiger partial charge in [-0.2, -0.15) is 0 Å². The molecular weight excluding hydrogens is 380 g/mol. The van der Waals surface area contributed by atoms with Gasteiger partial charge in [0.25, 0.3) is 0 Å². The summed E-state index contributed by atoms with van der Waals surface area (Å²) in [7, 11) is 0. The fourth-order valence-corrected chi connectivity index (χ4v) is 4.31. The largest absolute Gasteiger partial charge is 0.368 e. The van der Waals surface area contributed by atoms with E-state index in [0.717, 1.165) is 40.4 Å². The van der Waals surface area contributed by atoms with Crippen molar-refractivity contribution in [2.24, 2.45) is 0 Å². The number of dihydropyridines is 1. The number of anilines is 1. The highest BCUT2D eigenvalue weighted by molar-refractivity contribution is 7.16. The molecule has 0 aliphatic carbocycles. The minimum absolute atomic E-state index is 0.648. The minimum Gasteiger partial charge on any atom is -0.368 e. The molecule has 0 amide bonds. The van der Waals surface area contributed by atoms with E-state index >= 15 is 0 Å². The molecular formula is C22H20N6S. The van der Waals surface area contributed by atoms with Crippen molar-refractivity contribution < 1.29 is 0 Å². The summed E-state index contributed by atoms with van der Waals surface area (Å²) in [6, 6.07) is 8.41. The maximum Gasteiger partial charge on any atom is 0.165 e. The lowest BCUT2D eigenvalue weighted by atomic mass is 10.1. The summed E-state index contributed by atoms with van der Waals surface area (Å²) in [5, 5.41) is 7.87. The number of hydrogen-bond acceptors (Lipinski definition) is 6. The smallest absolute Gasteiger partial charge is 0.165 e. The van der Waals surface area contributed by atoms with Gasteiger partial charge in [0.15, 0.2) is 11.6 Å². The van der Waals surface area contributed by atoms with Gasteiger partial charge in [0.05, 0.1) is 5.51 Å². The van der Waals surface area contributed by atoms with E-state index < -0.39 is 0 Å². The van der Waals surface area contributed by atoms with E-state index in [1.165, 1.54) is 33.5 Å². The molecule has 0 radical (unpaired) electrons. The summed E-state index contributed by atoms with van der Waals surface area (Å²) in [5.41, 5.74) is 8.00. The normalized spacial score (nSPS) is 13.7. The highest BCUT2D eigenvalue weighted by Gasteiger charge is 2.16. The third-order valence-electron chi connectivity index (χ3n) is 5.08. The van der Waals surface area contributed by atoms with Crippen LogP contribution in [0.2, 0.25) is 0 Å². The fraction of sp³-hybridized carbons (Fsp3) is 0.136. The Morgan fingerprint density at radius 3 is 3.00 bits per heavy atom. The lowest BCUT2D eigenvalue weighted by molar-refractivity contribution is 0.992. The Bertz CT molecular complexity index is 1290. The van der Waals surface area contributed by atoms with Crippen LogP contribution in [0.1, 0.15) is 17.1 Å². The predicted octanol–water partition coefficient (Wildman–Crippen LogP) is 4.54. The molecule has 1 aliphatic heterocycles. The molecule has 7 heteroatoms. The Morgan fingerprint density at radius 1 is 1.21 bits per heavy atom. The molecule has 1 aliphatic rings. The van der Waals surface area contributed by atoms with Gasteiger partial charge in [-0.3, -0.25) is 0 Å². The molecule has 1 aromatic carbocycles. The van der Waals surface area contributed by atoms with Crippen LogP contribution in [-0.4, -0.2) is 26.5 Å². The lowest BCUT2D eigenvalue weighted by Crippen LogP contribution is -2.13. The third-order valence-corrected chi connectivity index (χ3v) is 5.79. The summed E-state index contributed by atoms with van der Waals surface area (Å²) < 4.78 is 0. The molecule has 0 saturated heterocycles. The molecule has 3 aromatic heterocycles. The SMILES string of the molecule is C=C1NC=CC=C1c1nc(NCCc2c(C)[nH]c3ccccc23)c2ncsc2n1.